The summed E-state index contributed by atoms with van der Waals surface area (Å²) in [5, 5.41) is 3.41. The van der Waals surface area contributed by atoms with Crippen molar-refractivity contribution >= 4 is 0 Å². The molecule has 1 rings (SSSR count). The van der Waals surface area contributed by atoms with Gasteiger partial charge < -0.3 is 14.8 Å². The molecular weight excluding hydrogens is 226 g/mol. The molecule has 0 bridgehead atoms. The van der Waals surface area contributed by atoms with Crippen LogP contribution in [0.3, 0.4) is 0 Å². The van der Waals surface area contributed by atoms with Gasteiger partial charge in [-0.3, -0.25) is 0 Å². The van der Waals surface area contributed by atoms with Crippen LogP contribution in [0.4, 0.5) is 0 Å². The van der Waals surface area contributed by atoms with Gasteiger partial charge >= 0.3 is 0 Å². The maximum atomic E-state index is 5.89. The van der Waals surface area contributed by atoms with Crippen molar-refractivity contribution in [2.45, 2.75) is 40.3 Å². The first-order chi connectivity index (χ1) is 8.54. The fourth-order valence-corrected chi connectivity index (χ4v) is 1.59. The Labute approximate surface area is 110 Å². The number of hydrogen-bond donors (Lipinski definition) is 1. The second-order valence-electron chi connectivity index (χ2n) is 5.19. The molecule has 102 valence electrons. The van der Waals surface area contributed by atoms with Crippen molar-refractivity contribution in [3.8, 4) is 11.5 Å². The van der Waals surface area contributed by atoms with Gasteiger partial charge in [0.25, 0.3) is 0 Å². The fraction of sp³-hybridized carbons (Fsp3) is 0.600. The van der Waals surface area contributed by atoms with E-state index in [0.29, 0.717) is 18.6 Å². The molecule has 1 aromatic rings. The van der Waals surface area contributed by atoms with Gasteiger partial charge in [0.15, 0.2) is 11.5 Å². The highest BCUT2D eigenvalue weighted by atomic mass is 16.5. The highest BCUT2D eigenvalue weighted by molar-refractivity contribution is 5.46. The van der Waals surface area contributed by atoms with Crippen LogP contribution < -0.4 is 14.8 Å². The minimum absolute atomic E-state index is 0.453. The Morgan fingerprint density at radius 3 is 2.44 bits per heavy atom. The van der Waals surface area contributed by atoms with E-state index in [1.807, 2.05) is 12.1 Å². The van der Waals surface area contributed by atoms with E-state index in [1.165, 1.54) is 0 Å². The Bertz CT molecular complexity index is 362. The molecule has 1 N–H and O–H groups in total. The molecule has 3 nitrogen and oxygen atoms in total. The van der Waals surface area contributed by atoms with Crippen LogP contribution in [0.25, 0.3) is 0 Å². The van der Waals surface area contributed by atoms with Gasteiger partial charge in [0.05, 0.1) is 13.7 Å². The lowest BCUT2D eigenvalue weighted by molar-refractivity contribution is 0.253. The molecule has 0 saturated carbocycles. The number of hydrogen-bond acceptors (Lipinski definition) is 3. The minimum Gasteiger partial charge on any atom is -0.493 e. The Balaban J connectivity index is 2.85. The van der Waals surface area contributed by atoms with Crippen LogP contribution in [0, 0.1) is 5.92 Å². The quantitative estimate of drug-likeness (QED) is 0.807. The molecule has 0 aromatic heterocycles. The molecule has 0 heterocycles. The molecule has 0 unspecified atom stereocenters. The van der Waals surface area contributed by atoms with Gasteiger partial charge in [-0.15, -0.1) is 0 Å². The largest absolute Gasteiger partial charge is 0.493 e. The van der Waals surface area contributed by atoms with Crippen molar-refractivity contribution in [3.05, 3.63) is 23.8 Å². The molecule has 18 heavy (non-hydrogen) atoms. The summed E-state index contributed by atoms with van der Waals surface area (Å²) in [6.07, 6.45) is 0. The van der Waals surface area contributed by atoms with E-state index in [2.05, 4.69) is 39.1 Å². The van der Waals surface area contributed by atoms with Crippen LogP contribution >= 0.6 is 0 Å². The maximum Gasteiger partial charge on any atom is 0.165 e. The number of nitrogens with one attached hydrogen (secondary N) is 1. The molecule has 1 aromatic carbocycles. The van der Waals surface area contributed by atoms with Crippen LogP contribution in [-0.4, -0.2) is 19.8 Å². The predicted molar refractivity (Wildman–Crippen MR) is 75.3 cm³/mol. The van der Waals surface area contributed by atoms with Gasteiger partial charge in [0.2, 0.25) is 0 Å². The summed E-state index contributed by atoms with van der Waals surface area (Å²) >= 11 is 0. The van der Waals surface area contributed by atoms with Crippen LogP contribution in [0.2, 0.25) is 0 Å². The van der Waals surface area contributed by atoms with Crippen molar-refractivity contribution < 1.29 is 9.47 Å². The Morgan fingerprint density at radius 2 is 1.89 bits per heavy atom. The zero-order valence-electron chi connectivity index (χ0n) is 12.1. The fourth-order valence-electron chi connectivity index (χ4n) is 1.59. The van der Waals surface area contributed by atoms with E-state index in [1.54, 1.807) is 7.11 Å². The highest BCUT2D eigenvalue weighted by Gasteiger charge is 2.11. The van der Waals surface area contributed by atoms with E-state index in [4.69, 9.17) is 9.47 Å². The number of benzene rings is 1. The number of methoxy groups -OCH3 is 1. The van der Waals surface area contributed by atoms with Crippen LogP contribution in [0.5, 0.6) is 11.5 Å². The lowest BCUT2D eigenvalue weighted by atomic mass is 10.1. The third-order valence-corrected chi connectivity index (χ3v) is 2.54. The van der Waals surface area contributed by atoms with E-state index >= 15 is 0 Å². The first kappa shape index (κ1) is 14.8. The van der Waals surface area contributed by atoms with Crippen molar-refractivity contribution in [2.75, 3.05) is 13.7 Å². The van der Waals surface area contributed by atoms with Crippen LogP contribution in [0.15, 0.2) is 18.2 Å². The van der Waals surface area contributed by atoms with Gasteiger partial charge in [-0.1, -0.05) is 39.8 Å². The average Bonchev–Trinajstić information content (AvgIpc) is 2.33. The predicted octanol–water partition coefficient (Wildman–Crippen LogP) is 3.23. The van der Waals surface area contributed by atoms with Crippen molar-refractivity contribution in [3.63, 3.8) is 0 Å². The van der Waals surface area contributed by atoms with E-state index in [0.717, 1.165) is 23.6 Å². The normalized spacial score (nSPS) is 11.1. The van der Waals surface area contributed by atoms with Gasteiger partial charge in [0.1, 0.15) is 0 Å². The summed E-state index contributed by atoms with van der Waals surface area (Å²) in [6, 6.07) is 6.47. The SMILES string of the molecule is COc1cccc(CNC(C)C)c1OCC(C)C. The monoisotopic (exact) mass is 251 g/mol. The zero-order valence-corrected chi connectivity index (χ0v) is 12.1. The van der Waals surface area contributed by atoms with Crippen molar-refractivity contribution in [2.24, 2.45) is 5.92 Å². The molecule has 0 fully saturated rings. The smallest absolute Gasteiger partial charge is 0.165 e. The molecule has 0 aliphatic carbocycles. The van der Waals surface area contributed by atoms with Crippen LogP contribution in [-0.2, 0) is 6.54 Å². The summed E-state index contributed by atoms with van der Waals surface area (Å²) in [7, 11) is 1.68. The number of para-hydroxylation sites is 1. The van der Waals surface area contributed by atoms with Crippen LogP contribution in [0.1, 0.15) is 33.3 Å². The average molecular weight is 251 g/mol. The number of ether oxygens (including phenoxy) is 2. The first-order valence-electron chi connectivity index (χ1n) is 6.56. The Morgan fingerprint density at radius 1 is 1.17 bits per heavy atom. The summed E-state index contributed by atoms with van der Waals surface area (Å²) in [5.74, 6) is 2.17. The molecule has 0 spiro atoms. The van der Waals surface area contributed by atoms with Gasteiger partial charge in [-0.25, -0.2) is 0 Å². The molecule has 0 saturated heterocycles. The molecule has 0 aliphatic heterocycles. The second-order valence-corrected chi connectivity index (χ2v) is 5.19. The van der Waals surface area contributed by atoms with Gasteiger partial charge in [-0.2, -0.15) is 0 Å². The molecule has 0 amide bonds. The maximum absolute atomic E-state index is 5.89. The minimum atomic E-state index is 0.453. The third kappa shape index (κ3) is 4.57. The van der Waals surface area contributed by atoms with E-state index < -0.39 is 0 Å². The van der Waals surface area contributed by atoms with Gasteiger partial charge in [0, 0.05) is 18.2 Å². The summed E-state index contributed by atoms with van der Waals surface area (Å²) in [4.78, 5) is 0. The van der Waals surface area contributed by atoms with Crippen molar-refractivity contribution in [1.29, 1.82) is 0 Å². The lowest BCUT2D eigenvalue weighted by Gasteiger charge is -2.17. The Kier molecular flexibility index (Phi) is 5.99. The highest BCUT2D eigenvalue weighted by Crippen LogP contribution is 2.31. The molecule has 0 atom stereocenters. The van der Waals surface area contributed by atoms with E-state index in [-0.39, 0.29) is 0 Å². The third-order valence-electron chi connectivity index (χ3n) is 2.54. The standard InChI is InChI=1S/C15H25NO2/c1-11(2)10-18-15-13(9-16-12(3)4)7-6-8-14(15)17-5/h6-8,11-12,16H,9-10H2,1-5H3. The number of rotatable bonds is 7. The topological polar surface area (TPSA) is 30.5 Å². The summed E-state index contributed by atoms with van der Waals surface area (Å²) in [5.41, 5.74) is 1.14. The molecule has 0 radical (unpaired) electrons. The van der Waals surface area contributed by atoms with Gasteiger partial charge in [-0.05, 0) is 12.0 Å². The van der Waals surface area contributed by atoms with E-state index in [9.17, 15) is 0 Å². The second kappa shape index (κ2) is 7.27. The summed E-state index contributed by atoms with van der Waals surface area (Å²) in [6.45, 7) is 10.0. The Hall–Kier alpha value is -1.22. The molecular formula is C15H25NO2. The first-order valence-corrected chi connectivity index (χ1v) is 6.56. The molecule has 0 aliphatic rings. The lowest BCUT2D eigenvalue weighted by Crippen LogP contribution is -2.22. The zero-order chi connectivity index (χ0) is 13.5. The van der Waals surface area contributed by atoms with Crippen molar-refractivity contribution in [1.82, 2.24) is 5.32 Å². The molecule has 3 heteroatoms. The summed E-state index contributed by atoms with van der Waals surface area (Å²) < 4.78 is 11.3.